The van der Waals surface area contributed by atoms with E-state index in [2.05, 4.69) is 61.0 Å². The summed E-state index contributed by atoms with van der Waals surface area (Å²) in [5.74, 6) is 0.884. The van der Waals surface area contributed by atoms with E-state index in [-0.39, 0.29) is 0 Å². The first kappa shape index (κ1) is 11.8. The lowest BCUT2D eigenvalue weighted by atomic mass is 9.98. The van der Waals surface area contributed by atoms with Crippen molar-refractivity contribution in [3.05, 3.63) is 84.3 Å². The molecule has 0 fully saturated rings. The molecular weight excluding hydrogens is 232 g/mol. The van der Waals surface area contributed by atoms with Crippen LogP contribution in [0.5, 0.6) is 5.75 Å². The van der Waals surface area contributed by atoms with Crippen molar-refractivity contribution in [2.75, 3.05) is 7.11 Å². The molecule has 0 atom stereocenters. The van der Waals surface area contributed by atoms with E-state index in [0.717, 1.165) is 5.75 Å². The fourth-order valence-corrected chi connectivity index (χ4v) is 2.26. The molecule has 0 saturated heterocycles. The molecule has 1 nitrogen and oxygen atoms in total. The summed E-state index contributed by atoms with van der Waals surface area (Å²) in [6, 6.07) is 22.9. The van der Waals surface area contributed by atoms with Crippen LogP contribution in [0.1, 0.15) is 11.1 Å². The van der Waals surface area contributed by atoms with E-state index in [0.29, 0.717) is 0 Å². The third-order valence-electron chi connectivity index (χ3n) is 3.26. The van der Waals surface area contributed by atoms with Crippen molar-refractivity contribution in [2.45, 2.75) is 0 Å². The lowest BCUT2D eigenvalue weighted by Crippen LogP contribution is -1.88. The minimum absolute atomic E-state index is 0.884. The normalized spacial score (nSPS) is 10.6. The molecule has 0 spiro atoms. The molecule has 0 unspecified atom stereocenters. The second kappa shape index (κ2) is 5.15. The third kappa shape index (κ3) is 2.45. The van der Waals surface area contributed by atoms with Crippen molar-refractivity contribution in [3.63, 3.8) is 0 Å². The minimum atomic E-state index is 0.884. The van der Waals surface area contributed by atoms with E-state index in [4.69, 9.17) is 4.74 Å². The quantitative estimate of drug-likeness (QED) is 0.664. The number of fused-ring (bicyclic) bond motifs is 1. The van der Waals surface area contributed by atoms with Gasteiger partial charge in [0.15, 0.2) is 0 Å². The average molecular weight is 247 g/mol. The van der Waals surface area contributed by atoms with Crippen LogP contribution < -0.4 is 4.74 Å². The van der Waals surface area contributed by atoms with Gasteiger partial charge in [-0.05, 0) is 34.0 Å². The molecule has 3 rings (SSSR count). The highest BCUT2D eigenvalue weighted by molar-refractivity contribution is 5.87. The molecule has 0 amide bonds. The van der Waals surface area contributed by atoms with Crippen LogP contribution in [-0.4, -0.2) is 7.11 Å². The molecule has 3 aromatic carbocycles. The predicted octanol–water partition coefficient (Wildman–Crippen LogP) is 4.45. The summed E-state index contributed by atoms with van der Waals surface area (Å²) in [6.45, 7) is 0. The zero-order chi connectivity index (χ0) is 13.1. The van der Waals surface area contributed by atoms with Crippen LogP contribution in [-0.2, 0) is 0 Å². The van der Waals surface area contributed by atoms with Crippen LogP contribution in [0.25, 0.3) is 10.8 Å². The Morgan fingerprint density at radius 1 is 0.789 bits per heavy atom. The molecule has 0 bridgehead atoms. The van der Waals surface area contributed by atoms with Crippen LogP contribution in [0.4, 0.5) is 0 Å². The number of ether oxygens (including phenoxy) is 1. The number of rotatable bonds is 3. The average Bonchev–Trinajstić information content (AvgIpc) is 2.48. The van der Waals surface area contributed by atoms with Gasteiger partial charge < -0.3 is 4.74 Å². The Labute approximate surface area is 113 Å². The monoisotopic (exact) mass is 247 g/mol. The first-order valence-corrected chi connectivity index (χ1v) is 6.33. The summed E-state index contributed by atoms with van der Waals surface area (Å²) in [6.07, 6.45) is 2.20. The zero-order valence-electron chi connectivity index (χ0n) is 10.8. The minimum Gasteiger partial charge on any atom is -0.497 e. The summed E-state index contributed by atoms with van der Waals surface area (Å²) in [4.78, 5) is 0. The Bertz CT molecular complexity index is 678. The van der Waals surface area contributed by atoms with Gasteiger partial charge in [0.2, 0.25) is 0 Å². The molecule has 0 heterocycles. The largest absolute Gasteiger partial charge is 0.497 e. The highest BCUT2D eigenvalue weighted by Crippen LogP contribution is 2.23. The smallest absolute Gasteiger partial charge is 0.118 e. The molecule has 3 aromatic rings. The molecule has 0 aliphatic rings. The van der Waals surface area contributed by atoms with E-state index in [9.17, 15) is 0 Å². The molecule has 93 valence electrons. The second-order valence-corrected chi connectivity index (χ2v) is 4.49. The Kier molecular flexibility index (Phi) is 3.20. The van der Waals surface area contributed by atoms with Gasteiger partial charge in [0, 0.05) is 6.42 Å². The fraction of sp³-hybridized carbons (Fsp3) is 0.0556. The lowest BCUT2D eigenvalue weighted by molar-refractivity contribution is 0.414. The van der Waals surface area contributed by atoms with E-state index in [1.54, 1.807) is 7.11 Å². The van der Waals surface area contributed by atoms with Crippen molar-refractivity contribution >= 4 is 10.8 Å². The van der Waals surface area contributed by atoms with Crippen LogP contribution in [0.15, 0.2) is 66.7 Å². The highest BCUT2D eigenvalue weighted by Gasteiger charge is 2.02. The second-order valence-electron chi connectivity index (χ2n) is 4.49. The molecule has 0 aliphatic heterocycles. The standard InChI is InChI=1S/C18H15O/c1-19-17-11-9-14(10-12-17)13-16-7-4-6-15-5-2-3-8-18(15)16/h2-13H,1H3. The number of benzene rings is 3. The van der Waals surface area contributed by atoms with Gasteiger partial charge in [0.1, 0.15) is 5.75 Å². The van der Waals surface area contributed by atoms with Crippen molar-refractivity contribution in [1.82, 2.24) is 0 Å². The van der Waals surface area contributed by atoms with Crippen LogP contribution >= 0.6 is 0 Å². The Balaban J connectivity index is 1.96. The SMILES string of the molecule is COc1ccc([CH]c2cccc3ccccc23)cc1. The van der Waals surface area contributed by atoms with Gasteiger partial charge in [0.05, 0.1) is 7.11 Å². The summed E-state index contributed by atoms with van der Waals surface area (Å²) < 4.78 is 5.18. The van der Waals surface area contributed by atoms with Gasteiger partial charge in [0.25, 0.3) is 0 Å². The van der Waals surface area contributed by atoms with Gasteiger partial charge in [-0.1, -0.05) is 54.6 Å². The van der Waals surface area contributed by atoms with Crippen molar-refractivity contribution in [2.24, 2.45) is 0 Å². The fourth-order valence-electron chi connectivity index (χ4n) is 2.26. The maximum atomic E-state index is 5.18. The van der Waals surface area contributed by atoms with Gasteiger partial charge in [-0.2, -0.15) is 0 Å². The first-order valence-electron chi connectivity index (χ1n) is 6.33. The lowest BCUT2D eigenvalue weighted by Gasteiger charge is -2.07. The Hall–Kier alpha value is -2.28. The summed E-state index contributed by atoms with van der Waals surface area (Å²) in [5.41, 5.74) is 2.42. The van der Waals surface area contributed by atoms with Gasteiger partial charge >= 0.3 is 0 Å². The molecule has 19 heavy (non-hydrogen) atoms. The van der Waals surface area contributed by atoms with E-state index >= 15 is 0 Å². The topological polar surface area (TPSA) is 9.23 Å². The van der Waals surface area contributed by atoms with Crippen LogP contribution in [0.3, 0.4) is 0 Å². The summed E-state index contributed by atoms with van der Waals surface area (Å²) in [5, 5.41) is 2.55. The first-order chi connectivity index (χ1) is 9.36. The Morgan fingerprint density at radius 3 is 2.32 bits per heavy atom. The summed E-state index contributed by atoms with van der Waals surface area (Å²) >= 11 is 0. The molecule has 0 N–H and O–H groups in total. The molecular formula is C18H15O. The number of hydrogen-bond acceptors (Lipinski definition) is 1. The molecule has 1 radical (unpaired) electrons. The Morgan fingerprint density at radius 2 is 1.53 bits per heavy atom. The van der Waals surface area contributed by atoms with Crippen LogP contribution in [0.2, 0.25) is 0 Å². The zero-order valence-corrected chi connectivity index (χ0v) is 10.8. The molecule has 0 aromatic heterocycles. The molecule has 0 aliphatic carbocycles. The van der Waals surface area contributed by atoms with E-state index in [1.165, 1.54) is 21.9 Å². The third-order valence-corrected chi connectivity index (χ3v) is 3.26. The van der Waals surface area contributed by atoms with Crippen molar-refractivity contribution in [1.29, 1.82) is 0 Å². The van der Waals surface area contributed by atoms with E-state index < -0.39 is 0 Å². The van der Waals surface area contributed by atoms with E-state index in [1.807, 2.05) is 12.1 Å². The van der Waals surface area contributed by atoms with Gasteiger partial charge in [-0.15, -0.1) is 0 Å². The highest BCUT2D eigenvalue weighted by atomic mass is 16.5. The molecule has 1 heteroatoms. The van der Waals surface area contributed by atoms with Gasteiger partial charge in [-0.25, -0.2) is 0 Å². The number of methoxy groups -OCH3 is 1. The van der Waals surface area contributed by atoms with Crippen LogP contribution in [0, 0.1) is 6.42 Å². The van der Waals surface area contributed by atoms with Gasteiger partial charge in [-0.3, -0.25) is 0 Å². The maximum Gasteiger partial charge on any atom is 0.118 e. The predicted molar refractivity (Wildman–Crippen MR) is 79.4 cm³/mol. The molecule has 0 saturated carbocycles. The van der Waals surface area contributed by atoms with Crippen molar-refractivity contribution < 1.29 is 4.74 Å². The number of hydrogen-bond donors (Lipinski definition) is 0. The summed E-state index contributed by atoms with van der Waals surface area (Å²) in [7, 11) is 1.68. The van der Waals surface area contributed by atoms with Crippen molar-refractivity contribution in [3.8, 4) is 5.75 Å². The maximum absolute atomic E-state index is 5.18.